The van der Waals surface area contributed by atoms with Gasteiger partial charge >= 0.3 is 20.2 Å². The van der Waals surface area contributed by atoms with Gasteiger partial charge in [-0.15, -0.1) is 0 Å². The summed E-state index contributed by atoms with van der Waals surface area (Å²) in [7, 11) is -8.10. The molecule has 0 amide bonds. The highest BCUT2D eigenvalue weighted by Gasteiger charge is 2.19. The van der Waals surface area contributed by atoms with Gasteiger partial charge in [0, 0.05) is 6.07 Å². The first-order chi connectivity index (χ1) is 13.2. The first kappa shape index (κ1) is 19.9. The van der Waals surface area contributed by atoms with Gasteiger partial charge in [-0.05, 0) is 50.2 Å². The van der Waals surface area contributed by atoms with E-state index in [4.69, 9.17) is 8.37 Å². The largest absolute Gasteiger partial charge is 0.379 e. The molecule has 0 spiro atoms. The summed E-state index contributed by atoms with van der Waals surface area (Å²) < 4.78 is 59.7. The Labute approximate surface area is 164 Å². The van der Waals surface area contributed by atoms with Gasteiger partial charge in [-0.1, -0.05) is 41.5 Å². The predicted octanol–water partition coefficient (Wildman–Crippen LogP) is 3.84. The first-order valence-electron chi connectivity index (χ1n) is 8.28. The molecule has 0 saturated heterocycles. The average molecular weight is 418 g/mol. The molecular weight excluding hydrogens is 400 g/mol. The van der Waals surface area contributed by atoms with Gasteiger partial charge in [0.25, 0.3) is 0 Å². The van der Waals surface area contributed by atoms with Crippen LogP contribution >= 0.6 is 0 Å². The Balaban J connectivity index is 1.82. The zero-order valence-corrected chi connectivity index (χ0v) is 16.8. The van der Waals surface area contributed by atoms with Crippen molar-refractivity contribution in [3.63, 3.8) is 0 Å². The van der Waals surface area contributed by atoms with Crippen LogP contribution in [0.3, 0.4) is 0 Å². The molecule has 0 aliphatic rings. The van der Waals surface area contributed by atoms with Gasteiger partial charge in [-0.3, -0.25) is 0 Å². The van der Waals surface area contributed by atoms with Crippen molar-refractivity contribution in [2.45, 2.75) is 23.6 Å². The average Bonchev–Trinajstić information content (AvgIpc) is 2.62. The van der Waals surface area contributed by atoms with Gasteiger partial charge in [0.15, 0.2) is 0 Å². The molecule has 0 radical (unpaired) electrons. The van der Waals surface area contributed by atoms with Crippen LogP contribution < -0.4 is 8.37 Å². The minimum absolute atomic E-state index is 0.00306. The van der Waals surface area contributed by atoms with Crippen LogP contribution in [0.15, 0.2) is 82.6 Å². The Morgan fingerprint density at radius 1 is 0.571 bits per heavy atom. The molecule has 0 heterocycles. The van der Waals surface area contributed by atoms with Gasteiger partial charge in [0.2, 0.25) is 0 Å². The van der Waals surface area contributed by atoms with E-state index >= 15 is 0 Å². The first-order valence-corrected chi connectivity index (χ1v) is 11.1. The van der Waals surface area contributed by atoms with Crippen LogP contribution in [0, 0.1) is 13.8 Å². The smallest absolute Gasteiger partial charge is 0.339 e. The van der Waals surface area contributed by atoms with E-state index in [1.165, 1.54) is 48.5 Å². The fraction of sp³-hybridized carbons (Fsp3) is 0.100. The fourth-order valence-electron chi connectivity index (χ4n) is 2.34. The molecule has 0 saturated carbocycles. The Morgan fingerprint density at radius 2 is 0.929 bits per heavy atom. The molecule has 0 unspecified atom stereocenters. The fourth-order valence-corrected chi connectivity index (χ4v) is 4.18. The molecule has 28 heavy (non-hydrogen) atoms. The van der Waals surface area contributed by atoms with E-state index in [-0.39, 0.29) is 21.3 Å². The summed E-state index contributed by atoms with van der Waals surface area (Å²) in [4.78, 5) is -0.00611. The summed E-state index contributed by atoms with van der Waals surface area (Å²) in [6, 6.07) is 17.8. The summed E-state index contributed by atoms with van der Waals surface area (Å²) in [5.41, 5.74) is 1.83. The molecule has 0 atom stereocenters. The Hall–Kier alpha value is -2.84. The van der Waals surface area contributed by atoms with Crippen molar-refractivity contribution in [1.29, 1.82) is 0 Å². The van der Waals surface area contributed by atoms with Crippen LogP contribution in [-0.4, -0.2) is 16.8 Å². The molecule has 0 fully saturated rings. The summed E-state index contributed by atoms with van der Waals surface area (Å²) >= 11 is 0. The molecule has 3 aromatic carbocycles. The van der Waals surface area contributed by atoms with Crippen molar-refractivity contribution in [3.05, 3.63) is 83.9 Å². The molecule has 0 bridgehead atoms. The molecule has 0 aromatic heterocycles. The second-order valence-corrected chi connectivity index (χ2v) is 9.27. The van der Waals surface area contributed by atoms with E-state index in [1.807, 2.05) is 13.8 Å². The minimum atomic E-state index is -4.05. The lowest BCUT2D eigenvalue weighted by Gasteiger charge is -2.10. The minimum Gasteiger partial charge on any atom is -0.379 e. The topological polar surface area (TPSA) is 86.7 Å². The predicted molar refractivity (Wildman–Crippen MR) is 104 cm³/mol. The van der Waals surface area contributed by atoms with Crippen molar-refractivity contribution in [3.8, 4) is 11.5 Å². The summed E-state index contributed by atoms with van der Waals surface area (Å²) in [6.07, 6.45) is 0. The zero-order valence-electron chi connectivity index (χ0n) is 15.2. The lowest BCUT2D eigenvalue weighted by molar-refractivity contribution is 0.476. The highest BCUT2D eigenvalue weighted by atomic mass is 32.2. The van der Waals surface area contributed by atoms with Crippen LogP contribution in [-0.2, 0) is 20.2 Å². The lowest BCUT2D eigenvalue weighted by atomic mass is 10.2. The van der Waals surface area contributed by atoms with Crippen molar-refractivity contribution in [2.75, 3.05) is 0 Å². The monoisotopic (exact) mass is 418 g/mol. The second-order valence-electron chi connectivity index (χ2n) is 6.18. The van der Waals surface area contributed by atoms with Crippen molar-refractivity contribution >= 4 is 20.2 Å². The maximum absolute atomic E-state index is 12.4. The van der Waals surface area contributed by atoms with Crippen LogP contribution in [0.25, 0.3) is 0 Å². The summed E-state index contributed by atoms with van der Waals surface area (Å²) in [5.74, 6) is -0.116. The van der Waals surface area contributed by atoms with Gasteiger partial charge in [-0.2, -0.15) is 16.8 Å². The maximum atomic E-state index is 12.4. The van der Waals surface area contributed by atoms with E-state index < -0.39 is 20.2 Å². The van der Waals surface area contributed by atoms with E-state index in [0.29, 0.717) is 0 Å². The third-order valence-corrected chi connectivity index (χ3v) is 6.36. The Kier molecular flexibility index (Phi) is 5.44. The third-order valence-electron chi connectivity index (χ3n) is 3.84. The van der Waals surface area contributed by atoms with Crippen LogP contribution in [0.4, 0.5) is 0 Å². The maximum Gasteiger partial charge on any atom is 0.339 e. The number of hydrogen-bond donors (Lipinski definition) is 0. The van der Waals surface area contributed by atoms with Gasteiger partial charge in [-0.25, -0.2) is 0 Å². The van der Waals surface area contributed by atoms with Crippen LogP contribution in [0.2, 0.25) is 0 Å². The van der Waals surface area contributed by atoms with Crippen molar-refractivity contribution in [1.82, 2.24) is 0 Å². The number of benzene rings is 3. The highest BCUT2D eigenvalue weighted by molar-refractivity contribution is 7.87. The van der Waals surface area contributed by atoms with E-state index in [1.54, 1.807) is 24.3 Å². The highest BCUT2D eigenvalue weighted by Crippen LogP contribution is 2.26. The summed E-state index contributed by atoms with van der Waals surface area (Å²) in [5, 5.41) is 0. The van der Waals surface area contributed by atoms with Crippen LogP contribution in [0.1, 0.15) is 11.1 Å². The van der Waals surface area contributed by atoms with E-state index in [0.717, 1.165) is 11.1 Å². The van der Waals surface area contributed by atoms with Crippen molar-refractivity contribution < 1.29 is 25.2 Å². The van der Waals surface area contributed by atoms with Gasteiger partial charge in [0.1, 0.15) is 21.3 Å². The third kappa shape index (κ3) is 4.71. The summed E-state index contributed by atoms with van der Waals surface area (Å²) in [6.45, 7) is 3.68. The SMILES string of the molecule is Cc1ccc(S(=O)(=O)Oc2cccc(OS(=O)(=O)c3ccc(C)cc3)c2)cc1. The van der Waals surface area contributed by atoms with Crippen LogP contribution in [0.5, 0.6) is 11.5 Å². The zero-order chi connectivity index (χ0) is 20.4. The van der Waals surface area contributed by atoms with Crippen molar-refractivity contribution in [2.24, 2.45) is 0 Å². The van der Waals surface area contributed by atoms with Gasteiger partial charge < -0.3 is 8.37 Å². The van der Waals surface area contributed by atoms with E-state index in [9.17, 15) is 16.8 Å². The molecular formula is C20H18O6S2. The standard InChI is InChI=1S/C20H18O6S2/c1-15-6-10-19(11-7-15)27(21,22)25-17-4-3-5-18(14-17)26-28(23,24)20-12-8-16(2)9-13-20/h3-14H,1-2H3. The van der Waals surface area contributed by atoms with E-state index in [2.05, 4.69) is 0 Å². The van der Waals surface area contributed by atoms with Gasteiger partial charge in [0.05, 0.1) is 0 Å². The number of hydrogen-bond acceptors (Lipinski definition) is 6. The molecule has 146 valence electrons. The Bertz CT molecular complexity index is 1090. The number of aryl methyl sites for hydroxylation is 2. The lowest BCUT2D eigenvalue weighted by Crippen LogP contribution is -2.11. The molecule has 0 aliphatic carbocycles. The second kappa shape index (κ2) is 7.65. The normalized spacial score (nSPS) is 11.8. The molecule has 3 rings (SSSR count). The molecule has 6 nitrogen and oxygen atoms in total. The molecule has 0 N–H and O–H groups in total. The Morgan fingerprint density at radius 3 is 1.29 bits per heavy atom. The quantitative estimate of drug-likeness (QED) is 0.565. The number of rotatable bonds is 6. The molecule has 0 aliphatic heterocycles. The molecule has 3 aromatic rings. The molecule has 8 heteroatoms.